The predicted molar refractivity (Wildman–Crippen MR) is 98.5 cm³/mol. The van der Waals surface area contributed by atoms with Gasteiger partial charge in [-0.25, -0.2) is 12.1 Å². The van der Waals surface area contributed by atoms with E-state index in [1.54, 1.807) is 0 Å². The fraction of sp³-hybridized carbons (Fsp3) is 0.650. The predicted octanol–water partition coefficient (Wildman–Crippen LogP) is 7.32. The Kier molecular flexibility index (Phi) is 23.3. The zero-order chi connectivity index (χ0) is 13.8. The summed E-state index contributed by atoms with van der Waals surface area (Å²) in [6, 6.07) is 8.49. The number of aryl methyl sites for hydroxylation is 1. The minimum absolute atomic E-state index is 0. The topological polar surface area (TPSA) is 23.8 Å². The van der Waals surface area contributed by atoms with Crippen molar-refractivity contribution in [1.29, 1.82) is 0 Å². The van der Waals surface area contributed by atoms with Crippen LogP contribution in [0.3, 0.4) is 0 Å². The van der Waals surface area contributed by atoms with Crippen LogP contribution >= 0.6 is 0 Å². The molecule has 0 atom stereocenters. The summed E-state index contributed by atoms with van der Waals surface area (Å²) in [6.45, 7) is 2.08. The zero-order valence-electron chi connectivity index (χ0n) is 15.2. The van der Waals surface area contributed by atoms with E-state index in [1.807, 2.05) is 12.1 Å². The van der Waals surface area contributed by atoms with Crippen LogP contribution in [0, 0.1) is 21.8 Å². The molecule has 0 amide bonds. The van der Waals surface area contributed by atoms with Crippen molar-refractivity contribution in [2.24, 2.45) is 0 Å². The second-order valence-corrected chi connectivity index (χ2v) is 5.92. The number of hydrogen-bond donors (Lipinski definition) is 0. The monoisotopic (exact) mass is 339 g/mol. The first-order valence-corrected chi connectivity index (χ1v) is 8.18. The van der Waals surface area contributed by atoms with E-state index in [4.69, 9.17) is 5.73 Å². The molecule has 1 nitrogen and oxygen atoms in total. The van der Waals surface area contributed by atoms with Gasteiger partial charge in [-0.15, -0.1) is 6.04 Å². The van der Waals surface area contributed by atoms with E-state index >= 15 is 0 Å². The third kappa shape index (κ3) is 16.4. The van der Waals surface area contributed by atoms with Crippen molar-refractivity contribution in [3.05, 3.63) is 50.4 Å². The first-order chi connectivity index (χ1) is 9.29. The maximum absolute atomic E-state index is 7.80. The molecule has 0 saturated heterocycles. The Balaban J connectivity index is -0.000000346. The molecule has 1 fully saturated rings. The van der Waals surface area contributed by atoms with Crippen molar-refractivity contribution >= 4 is 0 Å². The van der Waals surface area contributed by atoms with Crippen molar-refractivity contribution in [3.63, 3.8) is 0 Å². The van der Waals surface area contributed by atoms with Crippen LogP contribution in [0.5, 0.6) is 0 Å². The van der Waals surface area contributed by atoms with Gasteiger partial charge in [0.05, 0.1) is 0 Å². The molecule has 2 heteroatoms. The molecule has 0 spiro atoms. The Morgan fingerprint density at radius 2 is 1.05 bits per heavy atom. The third-order valence-electron chi connectivity index (χ3n) is 3.93. The Morgan fingerprint density at radius 3 is 1.32 bits per heavy atom. The minimum atomic E-state index is 0. The van der Waals surface area contributed by atoms with Crippen LogP contribution < -0.4 is 0 Å². The molecule has 1 aromatic rings. The van der Waals surface area contributed by atoms with E-state index in [2.05, 4.69) is 19.1 Å². The van der Waals surface area contributed by atoms with Gasteiger partial charge in [0, 0.05) is 0 Å². The van der Waals surface area contributed by atoms with E-state index < -0.39 is 0 Å². The molecule has 1 saturated carbocycles. The van der Waals surface area contributed by atoms with E-state index in [-0.39, 0.29) is 42.6 Å². The quantitative estimate of drug-likeness (QED) is 0.349. The van der Waals surface area contributed by atoms with Gasteiger partial charge in [-0.2, -0.15) is 17.7 Å². The van der Waals surface area contributed by atoms with Crippen molar-refractivity contribution in [1.82, 2.24) is 0 Å². The Bertz CT molecular complexity index is 270. The van der Waals surface area contributed by atoms with Gasteiger partial charge in [-0.3, -0.25) is 0 Å². The van der Waals surface area contributed by atoms with Gasteiger partial charge in [0.25, 0.3) is 0 Å². The molecule has 1 aliphatic carbocycles. The van der Waals surface area contributed by atoms with Crippen molar-refractivity contribution < 1.29 is 21.7 Å². The number of hydrogen-bond acceptors (Lipinski definition) is 0. The van der Waals surface area contributed by atoms with E-state index in [9.17, 15) is 0 Å². The summed E-state index contributed by atoms with van der Waals surface area (Å²) in [5, 5.41) is 0. The van der Waals surface area contributed by atoms with E-state index in [0.29, 0.717) is 0 Å². The van der Waals surface area contributed by atoms with Gasteiger partial charge in [-0.1, -0.05) is 77.6 Å². The van der Waals surface area contributed by atoms with Gasteiger partial charge in [0.1, 0.15) is 0 Å². The molecule has 22 heavy (non-hydrogen) atoms. The molecule has 1 aliphatic rings. The van der Waals surface area contributed by atoms with Crippen molar-refractivity contribution in [2.45, 2.75) is 83.6 Å². The first kappa shape index (κ1) is 26.9. The van der Waals surface area contributed by atoms with Crippen molar-refractivity contribution in [3.8, 4) is 0 Å². The largest absolute Gasteiger partial charge is 4.00 e. The summed E-state index contributed by atoms with van der Waals surface area (Å²) in [6.07, 6.45) is 14.8. The summed E-state index contributed by atoms with van der Waals surface area (Å²) in [5.74, 6) is 0. The van der Waals surface area contributed by atoms with Crippen LogP contribution in [0.1, 0.15) is 76.2 Å². The summed E-state index contributed by atoms with van der Waals surface area (Å²) < 4.78 is 0. The number of rotatable bonds is 0. The van der Waals surface area contributed by atoms with Gasteiger partial charge in [-0.05, 0) is 0 Å². The fourth-order valence-electron chi connectivity index (χ4n) is 2.63. The van der Waals surface area contributed by atoms with Crippen LogP contribution in [0.25, 0.3) is 5.73 Å². The van der Waals surface area contributed by atoms with Crippen LogP contribution in [0.15, 0.2) is 24.3 Å². The molecule has 0 aliphatic heterocycles. The van der Waals surface area contributed by atoms with Gasteiger partial charge in [0.2, 0.25) is 0 Å². The second-order valence-electron chi connectivity index (χ2n) is 5.92. The van der Waals surface area contributed by atoms with Crippen LogP contribution in [-0.2, 0) is 21.7 Å². The molecular formula is C20H37NTi. The molecule has 0 heterocycles. The van der Waals surface area contributed by atoms with E-state index in [0.717, 1.165) is 12.8 Å². The number of nitrogens with one attached hydrogen (secondary N) is 1. The molecule has 0 unspecified atom stereocenters. The Hall–Kier alpha value is 0.0243. The summed E-state index contributed by atoms with van der Waals surface area (Å²) in [5.41, 5.74) is 9.15. The minimum Gasteiger partial charge on any atom is -0.675 e. The molecule has 2 rings (SSSR count). The second kappa shape index (κ2) is 19.1. The van der Waals surface area contributed by atoms with Gasteiger partial charge in [0.15, 0.2) is 0 Å². The molecule has 0 bridgehead atoms. The standard InChI is InChI=1S/C12H24N.C6H7.2CH3.Ti/c13-12-10-8-6-4-2-1-3-5-7-9-11-12;1-6-4-2-3-5-6;;;/h12-13H,1-11H2;2-5H,1H3;2*1H3;/q4*-1;+4. The maximum Gasteiger partial charge on any atom is 4.00 e. The van der Waals surface area contributed by atoms with Crippen LogP contribution in [-0.4, -0.2) is 6.04 Å². The summed E-state index contributed by atoms with van der Waals surface area (Å²) >= 11 is 0. The summed E-state index contributed by atoms with van der Waals surface area (Å²) in [4.78, 5) is 0. The molecule has 0 aromatic heterocycles. The van der Waals surface area contributed by atoms with Crippen LogP contribution in [0.4, 0.5) is 0 Å². The summed E-state index contributed by atoms with van der Waals surface area (Å²) in [7, 11) is 0. The van der Waals surface area contributed by atoms with Gasteiger partial charge < -0.3 is 20.6 Å². The maximum atomic E-state index is 7.80. The van der Waals surface area contributed by atoms with E-state index in [1.165, 1.54) is 63.4 Å². The molecule has 126 valence electrons. The molecule has 1 N–H and O–H groups in total. The SMILES string of the molecule is C[c-]1cccc1.[CH3-].[CH3-].[NH-]C1CCCCCCCCCCC1.[Ti+4]. The smallest absolute Gasteiger partial charge is 0.675 e. The zero-order valence-corrected chi connectivity index (χ0v) is 16.7. The molecule has 0 radical (unpaired) electrons. The third-order valence-corrected chi connectivity index (χ3v) is 3.93. The molecule has 1 aromatic carbocycles. The van der Waals surface area contributed by atoms with Crippen LogP contribution in [0.2, 0.25) is 0 Å². The van der Waals surface area contributed by atoms with Gasteiger partial charge >= 0.3 is 21.7 Å². The first-order valence-electron chi connectivity index (χ1n) is 8.18. The Morgan fingerprint density at radius 1 is 0.727 bits per heavy atom. The molecular weight excluding hydrogens is 302 g/mol. The average Bonchev–Trinajstić information content (AvgIpc) is 2.85. The fourth-order valence-corrected chi connectivity index (χ4v) is 2.63. The normalized spacial score (nSPS) is 17.0. The Labute approximate surface area is 155 Å². The van der Waals surface area contributed by atoms with Crippen molar-refractivity contribution in [2.75, 3.05) is 0 Å². The average molecular weight is 339 g/mol.